The van der Waals surface area contributed by atoms with E-state index >= 15 is 0 Å². The molecule has 0 aromatic heterocycles. The molecule has 0 saturated carbocycles. The number of ether oxygens (including phenoxy) is 4. The minimum absolute atomic E-state index is 0.0142. The van der Waals surface area contributed by atoms with Gasteiger partial charge in [-0.15, -0.1) is 0 Å². The summed E-state index contributed by atoms with van der Waals surface area (Å²) in [6.07, 6.45) is 2.68. The Bertz CT molecular complexity index is 2030. The molecule has 7 heteroatoms. The minimum atomic E-state index is -0.256. The van der Waals surface area contributed by atoms with E-state index in [-0.39, 0.29) is 31.5 Å². The zero-order valence-corrected chi connectivity index (χ0v) is 33.6. The summed E-state index contributed by atoms with van der Waals surface area (Å²) in [4.78, 5) is 0. The van der Waals surface area contributed by atoms with Gasteiger partial charge in [-0.3, -0.25) is 0 Å². The Kier molecular flexibility index (Phi) is 18.2. The van der Waals surface area contributed by atoms with Crippen LogP contribution in [0.3, 0.4) is 0 Å². The standard InChI is InChI=1S/C37H39NO4.2C7H8O/c1-3-27-14-16-28(17-15-27)18-31-19-35(36(39-2)20-32(31)23-38)37-22-33(41-25-30-12-8-5-9-13-30)21-34(42-37)26-40-24-29-10-6-4-7-11-29;2*8-6-7-4-2-1-3-5-7/h4-17,19-20,33-34,37H,3,18,21-22,24-26H2,1-2H3;2*1-5,8H,6H2. The van der Waals surface area contributed by atoms with E-state index in [0.717, 1.165) is 46.2 Å². The average molecular weight is 778 g/mol. The molecule has 0 bridgehead atoms. The van der Waals surface area contributed by atoms with Crippen LogP contribution in [0.15, 0.2) is 158 Å². The highest BCUT2D eigenvalue weighted by molar-refractivity contribution is 5.51. The van der Waals surface area contributed by atoms with Gasteiger partial charge in [0.1, 0.15) is 5.75 Å². The van der Waals surface area contributed by atoms with E-state index in [0.29, 0.717) is 44.0 Å². The van der Waals surface area contributed by atoms with Crippen molar-refractivity contribution >= 4 is 0 Å². The molecular formula is C51H55NO6. The largest absolute Gasteiger partial charge is 0.496 e. The lowest BCUT2D eigenvalue weighted by molar-refractivity contribution is -0.142. The first-order valence-corrected chi connectivity index (χ1v) is 19.9. The lowest BCUT2D eigenvalue weighted by Gasteiger charge is -2.36. The second-order valence-corrected chi connectivity index (χ2v) is 14.1. The topological polar surface area (TPSA) is 101 Å². The number of nitrogens with zero attached hydrogens (tertiary/aromatic N) is 1. The third-order valence-corrected chi connectivity index (χ3v) is 9.90. The predicted molar refractivity (Wildman–Crippen MR) is 229 cm³/mol. The highest BCUT2D eigenvalue weighted by Gasteiger charge is 2.33. The van der Waals surface area contributed by atoms with Crippen LogP contribution >= 0.6 is 0 Å². The molecule has 7 nitrogen and oxygen atoms in total. The third-order valence-electron chi connectivity index (χ3n) is 9.90. The molecule has 1 saturated heterocycles. The number of benzene rings is 6. The molecule has 1 fully saturated rings. The molecule has 0 spiro atoms. The second kappa shape index (κ2) is 24.2. The van der Waals surface area contributed by atoms with Crippen molar-refractivity contribution in [3.63, 3.8) is 0 Å². The van der Waals surface area contributed by atoms with Crippen LogP contribution in [0.2, 0.25) is 0 Å². The van der Waals surface area contributed by atoms with Crippen LogP contribution in [-0.4, -0.2) is 36.1 Å². The molecule has 3 atom stereocenters. The molecule has 1 aliphatic rings. The Hall–Kier alpha value is -5.59. The van der Waals surface area contributed by atoms with E-state index in [1.807, 2.05) is 103 Å². The molecule has 1 heterocycles. The molecular weight excluding hydrogens is 723 g/mol. The highest BCUT2D eigenvalue weighted by Crippen LogP contribution is 2.39. The van der Waals surface area contributed by atoms with E-state index in [1.165, 1.54) is 11.1 Å². The fraction of sp³-hybridized carbons (Fsp3) is 0.275. The van der Waals surface area contributed by atoms with E-state index in [9.17, 15) is 5.26 Å². The Balaban J connectivity index is 0.000000330. The Morgan fingerprint density at radius 3 is 1.64 bits per heavy atom. The number of rotatable bonds is 14. The molecule has 7 rings (SSSR count). The summed E-state index contributed by atoms with van der Waals surface area (Å²) in [6, 6.07) is 54.4. The van der Waals surface area contributed by atoms with Crippen LogP contribution in [-0.2, 0) is 53.5 Å². The van der Waals surface area contributed by atoms with Gasteiger partial charge >= 0.3 is 0 Å². The maximum absolute atomic E-state index is 9.98. The Morgan fingerprint density at radius 1 is 0.638 bits per heavy atom. The van der Waals surface area contributed by atoms with Gasteiger partial charge in [0.2, 0.25) is 0 Å². The number of methoxy groups -OCH3 is 1. The van der Waals surface area contributed by atoms with Crippen molar-refractivity contribution in [2.45, 2.75) is 77.3 Å². The quantitative estimate of drug-likeness (QED) is 0.114. The summed E-state index contributed by atoms with van der Waals surface area (Å²) >= 11 is 0. The van der Waals surface area contributed by atoms with Crippen molar-refractivity contribution in [1.82, 2.24) is 0 Å². The van der Waals surface area contributed by atoms with Gasteiger partial charge in [-0.25, -0.2) is 0 Å². The van der Waals surface area contributed by atoms with E-state index in [1.54, 1.807) is 7.11 Å². The minimum Gasteiger partial charge on any atom is -0.496 e. The predicted octanol–water partition coefficient (Wildman–Crippen LogP) is 10.1. The summed E-state index contributed by atoms with van der Waals surface area (Å²) in [5.41, 5.74) is 9.19. The van der Waals surface area contributed by atoms with E-state index in [2.05, 4.69) is 67.6 Å². The molecule has 6 aromatic carbocycles. The molecule has 3 unspecified atom stereocenters. The van der Waals surface area contributed by atoms with Gasteiger partial charge in [0.05, 0.1) is 70.1 Å². The Labute approximate surface area is 344 Å². The summed E-state index contributed by atoms with van der Waals surface area (Å²) < 4.78 is 25.1. The molecule has 0 amide bonds. The zero-order chi connectivity index (χ0) is 40.8. The number of aliphatic hydroxyl groups is 2. The fourth-order valence-electron chi connectivity index (χ4n) is 6.69. The molecule has 300 valence electrons. The number of aryl methyl sites for hydroxylation is 1. The van der Waals surface area contributed by atoms with Crippen molar-refractivity contribution in [2.75, 3.05) is 13.7 Å². The fourth-order valence-corrected chi connectivity index (χ4v) is 6.69. The monoisotopic (exact) mass is 777 g/mol. The number of hydrogen-bond donors (Lipinski definition) is 2. The van der Waals surface area contributed by atoms with Crippen LogP contribution in [0.4, 0.5) is 0 Å². The Morgan fingerprint density at radius 2 is 1.16 bits per heavy atom. The van der Waals surface area contributed by atoms with Crippen LogP contribution in [0, 0.1) is 11.3 Å². The van der Waals surface area contributed by atoms with Crippen molar-refractivity contribution in [2.24, 2.45) is 0 Å². The highest BCUT2D eigenvalue weighted by atomic mass is 16.5. The SMILES string of the molecule is CCc1ccc(Cc2cc(C3CC(OCc4ccccc4)CC(COCc4ccccc4)O3)c(OC)cc2C#N)cc1.OCc1ccccc1.OCc1ccccc1. The average Bonchev–Trinajstić information content (AvgIpc) is 3.30. The molecule has 2 N–H and O–H groups in total. The number of aliphatic hydroxyl groups excluding tert-OH is 2. The van der Waals surface area contributed by atoms with E-state index < -0.39 is 0 Å². The van der Waals surface area contributed by atoms with Crippen molar-refractivity contribution < 1.29 is 29.2 Å². The van der Waals surface area contributed by atoms with Crippen molar-refractivity contribution in [3.8, 4) is 11.8 Å². The number of nitriles is 1. The first kappa shape index (κ1) is 43.5. The molecule has 6 aromatic rings. The van der Waals surface area contributed by atoms with Crippen LogP contribution < -0.4 is 4.74 Å². The maximum Gasteiger partial charge on any atom is 0.126 e. The first-order valence-electron chi connectivity index (χ1n) is 19.9. The summed E-state index contributed by atoms with van der Waals surface area (Å²) in [5, 5.41) is 27.1. The lowest BCUT2D eigenvalue weighted by atomic mass is 9.91. The van der Waals surface area contributed by atoms with Gasteiger partial charge in [-0.1, -0.05) is 153 Å². The van der Waals surface area contributed by atoms with Gasteiger partial charge in [0, 0.05) is 18.4 Å². The third kappa shape index (κ3) is 14.1. The van der Waals surface area contributed by atoms with Gasteiger partial charge in [-0.2, -0.15) is 5.26 Å². The van der Waals surface area contributed by atoms with Crippen LogP contribution in [0.5, 0.6) is 5.75 Å². The van der Waals surface area contributed by atoms with Crippen LogP contribution in [0.25, 0.3) is 0 Å². The molecule has 58 heavy (non-hydrogen) atoms. The van der Waals surface area contributed by atoms with Gasteiger partial charge < -0.3 is 29.2 Å². The zero-order valence-electron chi connectivity index (χ0n) is 33.6. The summed E-state index contributed by atoms with van der Waals surface area (Å²) in [5.74, 6) is 0.661. The smallest absolute Gasteiger partial charge is 0.126 e. The molecule has 0 radical (unpaired) electrons. The summed E-state index contributed by atoms with van der Waals surface area (Å²) in [7, 11) is 1.65. The van der Waals surface area contributed by atoms with Gasteiger partial charge in [-0.05, 0) is 63.9 Å². The van der Waals surface area contributed by atoms with E-state index in [4.69, 9.17) is 29.2 Å². The molecule has 0 aliphatic carbocycles. The second-order valence-electron chi connectivity index (χ2n) is 14.1. The normalized spacial score (nSPS) is 15.8. The van der Waals surface area contributed by atoms with Crippen molar-refractivity contribution in [3.05, 3.63) is 208 Å². The lowest BCUT2D eigenvalue weighted by Crippen LogP contribution is -2.36. The number of hydrogen-bond acceptors (Lipinski definition) is 7. The first-order chi connectivity index (χ1) is 28.5. The van der Waals surface area contributed by atoms with Gasteiger partial charge in [0.15, 0.2) is 0 Å². The van der Waals surface area contributed by atoms with Gasteiger partial charge in [0.25, 0.3) is 0 Å². The maximum atomic E-state index is 9.98. The molecule has 1 aliphatic heterocycles. The van der Waals surface area contributed by atoms with Crippen molar-refractivity contribution in [1.29, 1.82) is 5.26 Å². The van der Waals surface area contributed by atoms with Crippen LogP contribution in [0.1, 0.15) is 75.9 Å². The summed E-state index contributed by atoms with van der Waals surface area (Å²) in [6.45, 7) is 3.97.